The second kappa shape index (κ2) is 9.38. The molecule has 0 bridgehead atoms. The van der Waals surface area contributed by atoms with Crippen molar-refractivity contribution in [3.05, 3.63) is 46.1 Å². The van der Waals surface area contributed by atoms with Gasteiger partial charge in [-0.05, 0) is 43.5 Å². The number of hydrogen-bond acceptors (Lipinski definition) is 6. The van der Waals surface area contributed by atoms with Crippen molar-refractivity contribution in [1.29, 1.82) is 0 Å². The summed E-state index contributed by atoms with van der Waals surface area (Å²) in [6.45, 7) is 4.92. The van der Waals surface area contributed by atoms with Crippen LogP contribution in [0.2, 0.25) is 0 Å². The quantitative estimate of drug-likeness (QED) is 0.626. The number of rotatable bonds is 7. The third-order valence-electron chi connectivity index (χ3n) is 5.76. The summed E-state index contributed by atoms with van der Waals surface area (Å²) in [4.78, 5) is 27.0. The molecule has 9 nitrogen and oxygen atoms in total. The molecule has 2 aromatic rings. The van der Waals surface area contributed by atoms with Gasteiger partial charge in [0.05, 0.1) is 13.2 Å². The zero-order chi connectivity index (χ0) is 21.8. The van der Waals surface area contributed by atoms with Crippen LogP contribution in [0.3, 0.4) is 0 Å². The van der Waals surface area contributed by atoms with Gasteiger partial charge in [0.25, 0.3) is 0 Å². The van der Waals surface area contributed by atoms with Crippen molar-refractivity contribution < 1.29 is 19.0 Å². The van der Waals surface area contributed by atoms with Gasteiger partial charge >= 0.3 is 5.69 Å². The molecule has 0 atom stereocenters. The van der Waals surface area contributed by atoms with E-state index in [1.165, 1.54) is 4.68 Å². The number of piperidine rings is 1. The van der Waals surface area contributed by atoms with E-state index in [0.29, 0.717) is 38.5 Å². The minimum Gasteiger partial charge on any atom is -0.454 e. The molecule has 2 aliphatic rings. The van der Waals surface area contributed by atoms with Crippen molar-refractivity contribution in [1.82, 2.24) is 19.2 Å². The Labute approximate surface area is 180 Å². The second-order valence-corrected chi connectivity index (χ2v) is 7.65. The highest BCUT2D eigenvalue weighted by molar-refractivity contribution is 5.92. The van der Waals surface area contributed by atoms with Crippen LogP contribution in [0.25, 0.3) is 6.08 Å². The number of amides is 1. The standard InChI is InChI=1S/C22H28N4O5/c1-3-25-21(23-26(22(25)28)12-13-29-2)17-8-10-24(11-9-17)20(27)7-5-16-4-6-18-19(14-16)31-15-30-18/h4-7,14,17H,3,8-13,15H2,1-2H3/b7-5+. The first-order chi connectivity index (χ1) is 15.1. The molecule has 0 spiro atoms. The van der Waals surface area contributed by atoms with Crippen molar-refractivity contribution >= 4 is 12.0 Å². The van der Waals surface area contributed by atoms with Gasteiger partial charge in [0, 0.05) is 38.7 Å². The average Bonchev–Trinajstić information content (AvgIpc) is 3.39. The van der Waals surface area contributed by atoms with E-state index in [-0.39, 0.29) is 24.3 Å². The molecule has 1 aromatic heterocycles. The minimum absolute atomic E-state index is 0.0189. The smallest absolute Gasteiger partial charge is 0.345 e. The van der Waals surface area contributed by atoms with Crippen LogP contribution in [0.15, 0.2) is 29.1 Å². The van der Waals surface area contributed by atoms with E-state index in [2.05, 4.69) is 5.10 Å². The number of carbonyl (C=O) groups is 1. The molecule has 1 aromatic carbocycles. The summed E-state index contributed by atoms with van der Waals surface area (Å²) in [7, 11) is 1.61. The number of aromatic nitrogens is 3. The number of nitrogens with zero attached hydrogens (tertiary/aromatic N) is 4. The lowest BCUT2D eigenvalue weighted by Crippen LogP contribution is -2.37. The molecule has 31 heavy (non-hydrogen) atoms. The molecule has 1 saturated heterocycles. The van der Waals surface area contributed by atoms with Gasteiger partial charge in [0.15, 0.2) is 11.5 Å². The van der Waals surface area contributed by atoms with Gasteiger partial charge < -0.3 is 19.1 Å². The highest BCUT2D eigenvalue weighted by Gasteiger charge is 2.27. The monoisotopic (exact) mass is 428 g/mol. The van der Waals surface area contributed by atoms with Gasteiger partial charge in [0.1, 0.15) is 5.82 Å². The van der Waals surface area contributed by atoms with Crippen LogP contribution in [-0.2, 0) is 22.6 Å². The average molecular weight is 428 g/mol. The van der Waals surface area contributed by atoms with Crippen molar-refractivity contribution in [2.45, 2.75) is 38.8 Å². The molecule has 0 N–H and O–H groups in total. The Bertz CT molecular complexity index is 1020. The topological polar surface area (TPSA) is 87.8 Å². The molecule has 1 amide bonds. The van der Waals surface area contributed by atoms with E-state index in [1.54, 1.807) is 23.8 Å². The maximum Gasteiger partial charge on any atom is 0.345 e. The van der Waals surface area contributed by atoms with Crippen LogP contribution in [-0.4, -0.2) is 58.8 Å². The first-order valence-corrected chi connectivity index (χ1v) is 10.6. The van der Waals surface area contributed by atoms with Gasteiger partial charge in [-0.3, -0.25) is 9.36 Å². The second-order valence-electron chi connectivity index (χ2n) is 7.65. The van der Waals surface area contributed by atoms with Crippen LogP contribution in [0.5, 0.6) is 11.5 Å². The van der Waals surface area contributed by atoms with Crippen molar-refractivity contribution in [2.75, 3.05) is 33.6 Å². The lowest BCUT2D eigenvalue weighted by Gasteiger charge is -2.30. The van der Waals surface area contributed by atoms with Crippen LogP contribution in [0.1, 0.15) is 37.1 Å². The molecular formula is C22H28N4O5. The molecule has 3 heterocycles. The first kappa shape index (κ1) is 21.2. The molecule has 166 valence electrons. The number of benzene rings is 1. The maximum absolute atomic E-state index is 12.6. The van der Waals surface area contributed by atoms with E-state index in [0.717, 1.165) is 30.0 Å². The van der Waals surface area contributed by atoms with Gasteiger partial charge in [-0.1, -0.05) is 6.07 Å². The van der Waals surface area contributed by atoms with Crippen LogP contribution >= 0.6 is 0 Å². The van der Waals surface area contributed by atoms with Crippen molar-refractivity contribution in [3.8, 4) is 11.5 Å². The summed E-state index contributed by atoms with van der Waals surface area (Å²) in [5.41, 5.74) is 0.792. The maximum atomic E-state index is 12.6. The number of carbonyl (C=O) groups excluding carboxylic acids is 1. The van der Waals surface area contributed by atoms with Crippen LogP contribution in [0.4, 0.5) is 0 Å². The van der Waals surface area contributed by atoms with Gasteiger partial charge in [-0.25, -0.2) is 9.48 Å². The molecule has 2 aliphatic heterocycles. The van der Waals surface area contributed by atoms with Gasteiger partial charge in [0.2, 0.25) is 12.7 Å². The molecule has 9 heteroatoms. The highest BCUT2D eigenvalue weighted by Crippen LogP contribution is 2.33. The Morgan fingerprint density at radius 1 is 1.26 bits per heavy atom. The Hall–Kier alpha value is -3.07. The zero-order valence-electron chi connectivity index (χ0n) is 18.0. The largest absolute Gasteiger partial charge is 0.454 e. The lowest BCUT2D eigenvalue weighted by molar-refractivity contribution is -0.127. The van der Waals surface area contributed by atoms with E-state index >= 15 is 0 Å². The van der Waals surface area contributed by atoms with E-state index in [9.17, 15) is 9.59 Å². The van der Waals surface area contributed by atoms with E-state index in [4.69, 9.17) is 14.2 Å². The molecule has 4 rings (SSSR count). The molecule has 0 aliphatic carbocycles. The molecule has 0 saturated carbocycles. The summed E-state index contributed by atoms with van der Waals surface area (Å²) >= 11 is 0. The fourth-order valence-electron chi connectivity index (χ4n) is 4.03. The van der Waals surface area contributed by atoms with Crippen LogP contribution in [0, 0.1) is 0 Å². The Morgan fingerprint density at radius 3 is 2.77 bits per heavy atom. The third-order valence-corrected chi connectivity index (χ3v) is 5.76. The summed E-state index contributed by atoms with van der Waals surface area (Å²) in [5, 5.41) is 4.56. The van der Waals surface area contributed by atoms with Gasteiger partial charge in [-0.15, -0.1) is 0 Å². The Balaban J connectivity index is 1.37. The Kier molecular flexibility index (Phi) is 6.41. The summed E-state index contributed by atoms with van der Waals surface area (Å²) < 4.78 is 19.0. The zero-order valence-corrected chi connectivity index (χ0v) is 18.0. The van der Waals surface area contributed by atoms with E-state index < -0.39 is 0 Å². The van der Waals surface area contributed by atoms with E-state index in [1.807, 2.05) is 30.0 Å². The minimum atomic E-state index is -0.0975. The molecule has 0 unspecified atom stereocenters. The third kappa shape index (κ3) is 4.51. The normalized spacial score (nSPS) is 16.4. The fourth-order valence-corrected chi connectivity index (χ4v) is 4.03. The van der Waals surface area contributed by atoms with Crippen LogP contribution < -0.4 is 15.2 Å². The number of fused-ring (bicyclic) bond motifs is 1. The predicted octanol–water partition coefficient (Wildman–Crippen LogP) is 1.86. The number of methoxy groups -OCH3 is 1. The lowest BCUT2D eigenvalue weighted by atomic mass is 9.95. The molecule has 1 fully saturated rings. The SMILES string of the molecule is CCn1c(C2CCN(C(=O)/C=C/c3ccc4c(c3)OCO4)CC2)nn(CCOC)c1=O. The fraction of sp³-hybridized carbons (Fsp3) is 0.500. The number of hydrogen-bond donors (Lipinski definition) is 0. The molecule has 0 radical (unpaired) electrons. The predicted molar refractivity (Wildman–Crippen MR) is 114 cm³/mol. The summed E-state index contributed by atoms with van der Waals surface area (Å²) in [6, 6.07) is 5.60. The number of likely N-dealkylation sites (tertiary alicyclic amines) is 1. The summed E-state index contributed by atoms with van der Waals surface area (Å²) in [6.07, 6.45) is 4.95. The summed E-state index contributed by atoms with van der Waals surface area (Å²) in [5.74, 6) is 2.38. The van der Waals surface area contributed by atoms with Gasteiger partial charge in [-0.2, -0.15) is 5.10 Å². The van der Waals surface area contributed by atoms with Crippen molar-refractivity contribution in [3.63, 3.8) is 0 Å². The molecular weight excluding hydrogens is 400 g/mol. The highest BCUT2D eigenvalue weighted by atomic mass is 16.7. The van der Waals surface area contributed by atoms with Crippen molar-refractivity contribution in [2.24, 2.45) is 0 Å². The first-order valence-electron chi connectivity index (χ1n) is 10.6. The Morgan fingerprint density at radius 2 is 2.03 bits per heavy atom. The number of ether oxygens (including phenoxy) is 3.